The van der Waals surface area contributed by atoms with E-state index in [1.165, 1.54) is 18.4 Å². The minimum atomic E-state index is -0.117. The van der Waals surface area contributed by atoms with Gasteiger partial charge in [-0.2, -0.15) is 0 Å². The molecule has 0 radical (unpaired) electrons. The molecular weight excluding hydrogens is 238 g/mol. The molecular formula is C16H25NO2. The van der Waals surface area contributed by atoms with Crippen molar-refractivity contribution in [1.82, 2.24) is 5.32 Å². The van der Waals surface area contributed by atoms with Crippen LogP contribution >= 0.6 is 0 Å². The molecule has 3 nitrogen and oxygen atoms in total. The minimum Gasteiger partial charge on any atom is -0.493 e. The Morgan fingerprint density at radius 1 is 1.21 bits per heavy atom. The zero-order chi connectivity index (χ0) is 13.7. The number of nitrogens with one attached hydrogen (secondary N) is 1. The van der Waals surface area contributed by atoms with Crippen LogP contribution < -0.4 is 10.1 Å². The summed E-state index contributed by atoms with van der Waals surface area (Å²) in [6.45, 7) is 5.79. The van der Waals surface area contributed by atoms with Crippen LogP contribution in [0.4, 0.5) is 0 Å². The minimum absolute atomic E-state index is 0.117. The van der Waals surface area contributed by atoms with Gasteiger partial charge in [-0.15, -0.1) is 0 Å². The van der Waals surface area contributed by atoms with E-state index in [1.54, 1.807) is 7.11 Å². The molecule has 0 amide bonds. The maximum atomic E-state index is 5.74. The van der Waals surface area contributed by atoms with Crippen LogP contribution in [0.25, 0.3) is 0 Å². The second-order valence-electron chi connectivity index (χ2n) is 5.86. The summed E-state index contributed by atoms with van der Waals surface area (Å²) in [6.07, 6.45) is 3.54. The van der Waals surface area contributed by atoms with E-state index in [9.17, 15) is 0 Å². The van der Waals surface area contributed by atoms with Gasteiger partial charge in [0.2, 0.25) is 0 Å². The van der Waals surface area contributed by atoms with Crippen LogP contribution in [0.2, 0.25) is 0 Å². The average molecular weight is 263 g/mol. The third-order valence-corrected chi connectivity index (χ3v) is 3.62. The van der Waals surface area contributed by atoms with Gasteiger partial charge in [0.05, 0.1) is 12.2 Å². The maximum Gasteiger partial charge on any atom is 0.119 e. The number of hydrogen-bond donors (Lipinski definition) is 1. The van der Waals surface area contributed by atoms with Crippen molar-refractivity contribution in [3.8, 4) is 5.75 Å². The molecule has 1 aliphatic carbocycles. The molecule has 0 spiro atoms. The summed E-state index contributed by atoms with van der Waals surface area (Å²) in [6, 6.07) is 9.11. The van der Waals surface area contributed by atoms with Crippen molar-refractivity contribution < 1.29 is 9.47 Å². The molecule has 0 atom stereocenters. The first kappa shape index (κ1) is 14.4. The zero-order valence-corrected chi connectivity index (χ0v) is 12.2. The Balaban J connectivity index is 1.71. The van der Waals surface area contributed by atoms with Crippen molar-refractivity contribution in [2.45, 2.75) is 51.3 Å². The third kappa shape index (κ3) is 5.21. The Morgan fingerprint density at radius 3 is 2.47 bits per heavy atom. The summed E-state index contributed by atoms with van der Waals surface area (Å²) in [5.74, 6) is 0.932. The second-order valence-corrected chi connectivity index (χ2v) is 5.86. The third-order valence-electron chi connectivity index (χ3n) is 3.62. The molecule has 0 heterocycles. The molecule has 19 heavy (non-hydrogen) atoms. The molecule has 0 bridgehead atoms. The number of hydrogen-bond acceptors (Lipinski definition) is 3. The van der Waals surface area contributed by atoms with Crippen LogP contribution in [-0.4, -0.2) is 25.4 Å². The van der Waals surface area contributed by atoms with Gasteiger partial charge < -0.3 is 14.8 Å². The Labute approximate surface area is 116 Å². The summed E-state index contributed by atoms with van der Waals surface area (Å²) < 4.78 is 11.1. The molecule has 0 unspecified atom stereocenters. The smallest absolute Gasteiger partial charge is 0.119 e. The number of benzene rings is 1. The van der Waals surface area contributed by atoms with Crippen molar-refractivity contribution in [2.75, 3.05) is 13.7 Å². The SMILES string of the molecule is COC(C)(C)CCOc1ccc(CNC2CC2)cc1. The van der Waals surface area contributed by atoms with Crippen LogP contribution in [0.1, 0.15) is 38.7 Å². The summed E-state index contributed by atoms with van der Waals surface area (Å²) >= 11 is 0. The van der Waals surface area contributed by atoms with Gasteiger partial charge in [0.15, 0.2) is 0 Å². The van der Waals surface area contributed by atoms with Crippen LogP contribution in [0, 0.1) is 0 Å². The summed E-state index contributed by atoms with van der Waals surface area (Å²) in [4.78, 5) is 0. The van der Waals surface area contributed by atoms with Crippen molar-refractivity contribution in [1.29, 1.82) is 0 Å². The molecule has 1 saturated carbocycles. The van der Waals surface area contributed by atoms with Crippen LogP contribution in [-0.2, 0) is 11.3 Å². The summed E-state index contributed by atoms with van der Waals surface area (Å²) in [7, 11) is 1.74. The van der Waals surface area contributed by atoms with E-state index < -0.39 is 0 Å². The standard InChI is InChI=1S/C16H25NO2/c1-16(2,18-3)10-11-19-15-8-4-13(5-9-15)12-17-14-6-7-14/h4-5,8-9,14,17H,6-7,10-12H2,1-3H3. The lowest BCUT2D eigenvalue weighted by Gasteiger charge is -2.22. The van der Waals surface area contributed by atoms with Crippen LogP contribution in [0.5, 0.6) is 5.75 Å². The van der Waals surface area contributed by atoms with Gasteiger partial charge in [0.1, 0.15) is 5.75 Å². The lowest BCUT2D eigenvalue weighted by Crippen LogP contribution is -2.25. The fourth-order valence-corrected chi connectivity index (χ4v) is 1.77. The normalized spacial score (nSPS) is 15.5. The first-order valence-corrected chi connectivity index (χ1v) is 7.09. The molecule has 2 rings (SSSR count). The highest BCUT2D eigenvalue weighted by atomic mass is 16.5. The van der Waals surface area contributed by atoms with Crippen molar-refractivity contribution in [3.05, 3.63) is 29.8 Å². The molecule has 1 aromatic carbocycles. The van der Waals surface area contributed by atoms with E-state index in [1.807, 2.05) is 12.1 Å². The van der Waals surface area contributed by atoms with Crippen molar-refractivity contribution in [2.24, 2.45) is 0 Å². The number of rotatable bonds is 8. The summed E-state index contributed by atoms with van der Waals surface area (Å²) in [5, 5.41) is 3.51. The Morgan fingerprint density at radius 2 is 1.89 bits per heavy atom. The van der Waals surface area contributed by atoms with E-state index in [4.69, 9.17) is 9.47 Å². The van der Waals surface area contributed by atoms with E-state index in [0.29, 0.717) is 6.61 Å². The zero-order valence-electron chi connectivity index (χ0n) is 12.2. The highest BCUT2D eigenvalue weighted by Gasteiger charge is 2.19. The lowest BCUT2D eigenvalue weighted by atomic mass is 10.1. The maximum absolute atomic E-state index is 5.74. The highest BCUT2D eigenvalue weighted by Crippen LogP contribution is 2.20. The van der Waals surface area contributed by atoms with Gasteiger partial charge >= 0.3 is 0 Å². The van der Waals surface area contributed by atoms with Gasteiger partial charge in [0.25, 0.3) is 0 Å². The fourth-order valence-electron chi connectivity index (χ4n) is 1.77. The van der Waals surface area contributed by atoms with Crippen molar-refractivity contribution >= 4 is 0 Å². The fraction of sp³-hybridized carbons (Fsp3) is 0.625. The van der Waals surface area contributed by atoms with Crippen LogP contribution in [0.3, 0.4) is 0 Å². The molecule has 1 fully saturated rings. The quantitative estimate of drug-likeness (QED) is 0.781. The lowest BCUT2D eigenvalue weighted by molar-refractivity contribution is 0.00545. The van der Waals surface area contributed by atoms with E-state index >= 15 is 0 Å². The molecule has 0 aromatic heterocycles. The van der Waals surface area contributed by atoms with Crippen LogP contribution in [0.15, 0.2) is 24.3 Å². The monoisotopic (exact) mass is 263 g/mol. The van der Waals surface area contributed by atoms with E-state index in [2.05, 4.69) is 31.3 Å². The molecule has 0 aliphatic heterocycles. The predicted molar refractivity (Wildman–Crippen MR) is 77.5 cm³/mol. The average Bonchev–Trinajstić information content (AvgIpc) is 3.22. The molecule has 106 valence electrons. The first-order chi connectivity index (χ1) is 9.09. The highest BCUT2D eigenvalue weighted by molar-refractivity contribution is 5.27. The number of ether oxygens (including phenoxy) is 2. The van der Waals surface area contributed by atoms with Gasteiger partial charge in [-0.1, -0.05) is 12.1 Å². The number of methoxy groups -OCH3 is 1. The largest absolute Gasteiger partial charge is 0.493 e. The Hall–Kier alpha value is -1.06. The molecule has 1 N–H and O–H groups in total. The van der Waals surface area contributed by atoms with E-state index in [-0.39, 0.29) is 5.60 Å². The Kier molecular flexibility index (Phi) is 4.83. The van der Waals surface area contributed by atoms with Gasteiger partial charge in [-0.3, -0.25) is 0 Å². The predicted octanol–water partition coefficient (Wildman–Crippen LogP) is 3.13. The topological polar surface area (TPSA) is 30.5 Å². The molecule has 3 heteroatoms. The molecule has 1 aliphatic rings. The van der Waals surface area contributed by atoms with Crippen molar-refractivity contribution in [3.63, 3.8) is 0 Å². The second kappa shape index (κ2) is 6.40. The summed E-state index contributed by atoms with van der Waals surface area (Å²) in [5.41, 5.74) is 1.20. The van der Waals surface area contributed by atoms with Gasteiger partial charge in [0, 0.05) is 26.1 Å². The van der Waals surface area contributed by atoms with E-state index in [0.717, 1.165) is 24.8 Å². The Bertz CT molecular complexity index is 382. The molecule has 0 saturated heterocycles. The molecule has 1 aromatic rings. The van der Waals surface area contributed by atoms with Gasteiger partial charge in [-0.05, 0) is 44.4 Å². The first-order valence-electron chi connectivity index (χ1n) is 7.09. The van der Waals surface area contributed by atoms with Gasteiger partial charge in [-0.25, -0.2) is 0 Å².